The fraction of sp³-hybridized carbons (Fsp3) is 0.0500. The fourth-order valence-corrected chi connectivity index (χ4v) is 3.01. The molecule has 0 fully saturated rings. The van der Waals surface area contributed by atoms with E-state index >= 15 is 0 Å². The van der Waals surface area contributed by atoms with Gasteiger partial charge < -0.3 is 25.7 Å². The lowest BCUT2D eigenvalue weighted by Crippen LogP contribution is -2.24. The number of aromatic carboxylic acids is 2. The third-order valence-corrected chi connectivity index (χ3v) is 4.46. The summed E-state index contributed by atoms with van der Waals surface area (Å²) >= 11 is 5.70. The van der Waals surface area contributed by atoms with E-state index in [1.165, 1.54) is 36.4 Å². The zero-order valence-corrected chi connectivity index (χ0v) is 15.9. The molecule has 0 aliphatic rings. The molecule has 0 saturated heterocycles. The Morgan fingerprint density at radius 3 is 2.27 bits per heavy atom. The molecular weight excluding hydrogens is 419 g/mol. The van der Waals surface area contributed by atoms with E-state index in [-0.39, 0.29) is 28.3 Å². The van der Waals surface area contributed by atoms with Gasteiger partial charge in [0.15, 0.2) is 0 Å². The number of anilines is 1. The van der Waals surface area contributed by atoms with Crippen LogP contribution in [0.2, 0.25) is 5.02 Å². The molecule has 154 valence electrons. The molecule has 0 unspecified atom stereocenters. The minimum atomic E-state index is -1.60. The van der Waals surface area contributed by atoms with Crippen LogP contribution in [0.1, 0.15) is 26.3 Å². The number of H-pyrrole nitrogens is 1. The van der Waals surface area contributed by atoms with Crippen LogP contribution in [0.5, 0.6) is 5.75 Å². The SMILES string of the molecule is Nc1[nH]c(=O)c(C(=O)O)c(-c2ccc(OCc3ccc(Cl)cc3F)cc2)c1C(=O)O. The summed E-state index contributed by atoms with van der Waals surface area (Å²) in [5.74, 6) is -3.80. The van der Waals surface area contributed by atoms with Crippen molar-refractivity contribution in [2.75, 3.05) is 5.73 Å². The quantitative estimate of drug-likeness (QED) is 0.467. The van der Waals surface area contributed by atoms with Crippen LogP contribution in [0.25, 0.3) is 11.1 Å². The Bertz CT molecular complexity index is 1210. The van der Waals surface area contributed by atoms with Crippen LogP contribution in [-0.2, 0) is 6.61 Å². The summed E-state index contributed by atoms with van der Waals surface area (Å²) in [7, 11) is 0. The van der Waals surface area contributed by atoms with Crippen molar-refractivity contribution < 1.29 is 28.9 Å². The molecule has 10 heteroatoms. The Balaban J connectivity index is 1.97. The first-order valence-corrected chi connectivity index (χ1v) is 8.76. The van der Waals surface area contributed by atoms with Crippen LogP contribution < -0.4 is 16.0 Å². The minimum Gasteiger partial charge on any atom is -0.489 e. The summed E-state index contributed by atoms with van der Waals surface area (Å²) in [6, 6.07) is 9.76. The molecule has 3 rings (SSSR count). The molecule has 0 radical (unpaired) electrons. The van der Waals surface area contributed by atoms with E-state index in [0.717, 1.165) is 6.07 Å². The van der Waals surface area contributed by atoms with Gasteiger partial charge in [-0.05, 0) is 29.8 Å². The zero-order chi connectivity index (χ0) is 22.0. The van der Waals surface area contributed by atoms with E-state index in [4.69, 9.17) is 22.1 Å². The van der Waals surface area contributed by atoms with Crippen molar-refractivity contribution in [3.8, 4) is 16.9 Å². The zero-order valence-electron chi connectivity index (χ0n) is 15.1. The summed E-state index contributed by atoms with van der Waals surface area (Å²) in [4.78, 5) is 37.3. The lowest BCUT2D eigenvalue weighted by Gasteiger charge is -2.13. The van der Waals surface area contributed by atoms with Crippen LogP contribution in [0, 0.1) is 5.82 Å². The van der Waals surface area contributed by atoms with Gasteiger partial charge in [-0.25, -0.2) is 14.0 Å². The van der Waals surface area contributed by atoms with E-state index in [1.807, 2.05) is 4.98 Å². The normalized spacial score (nSPS) is 10.6. The van der Waals surface area contributed by atoms with Gasteiger partial charge in [0.25, 0.3) is 5.56 Å². The topological polar surface area (TPSA) is 143 Å². The molecule has 8 nitrogen and oxygen atoms in total. The number of pyridine rings is 1. The lowest BCUT2D eigenvalue weighted by atomic mass is 9.95. The Kier molecular flexibility index (Phi) is 5.74. The number of benzene rings is 2. The molecule has 0 atom stereocenters. The van der Waals surface area contributed by atoms with E-state index < -0.39 is 40.3 Å². The second-order valence-corrected chi connectivity index (χ2v) is 6.59. The van der Waals surface area contributed by atoms with Gasteiger partial charge in [-0.2, -0.15) is 0 Å². The van der Waals surface area contributed by atoms with Gasteiger partial charge >= 0.3 is 11.9 Å². The molecule has 0 aliphatic carbocycles. The first-order valence-electron chi connectivity index (χ1n) is 8.38. The fourth-order valence-electron chi connectivity index (χ4n) is 2.85. The molecule has 0 aliphatic heterocycles. The van der Waals surface area contributed by atoms with Gasteiger partial charge in [0.05, 0.1) is 0 Å². The average molecular weight is 433 g/mol. The summed E-state index contributed by atoms with van der Waals surface area (Å²) in [5.41, 5.74) is 3.35. The number of rotatable bonds is 6. The summed E-state index contributed by atoms with van der Waals surface area (Å²) in [6.07, 6.45) is 0. The van der Waals surface area contributed by atoms with E-state index in [0.29, 0.717) is 5.75 Å². The van der Waals surface area contributed by atoms with Crippen molar-refractivity contribution in [3.63, 3.8) is 0 Å². The molecule has 3 aromatic rings. The number of halogens is 2. The number of carboxylic acids is 2. The highest BCUT2D eigenvalue weighted by Gasteiger charge is 2.26. The standard InChI is InChI=1S/C20H14ClFN2O6/c21-11-4-1-10(13(22)7-11)8-30-12-5-2-9(3-6-12)14-15(19(26)27)17(23)24-18(25)16(14)20(28)29/h1-7H,8H2,(H,26,27)(H,28,29)(H3,23,24,25). The highest BCUT2D eigenvalue weighted by Crippen LogP contribution is 2.30. The number of nitrogens with two attached hydrogens (primary N) is 1. The highest BCUT2D eigenvalue weighted by atomic mass is 35.5. The number of hydrogen-bond acceptors (Lipinski definition) is 5. The van der Waals surface area contributed by atoms with Gasteiger partial charge in [0, 0.05) is 16.1 Å². The maximum absolute atomic E-state index is 13.8. The van der Waals surface area contributed by atoms with Crippen molar-refractivity contribution in [3.05, 3.63) is 80.3 Å². The molecule has 2 aromatic carbocycles. The van der Waals surface area contributed by atoms with Crippen molar-refractivity contribution >= 4 is 29.4 Å². The number of aromatic amines is 1. The van der Waals surface area contributed by atoms with Crippen LogP contribution in [0.4, 0.5) is 10.2 Å². The number of aromatic nitrogens is 1. The van der Waals surface area contributed by atoms with E-state index in [2.05, 4.69) is 0 Å². The maximum Gasteiger partial charge on any atom is 0.342 e. The molecular formula is C20H14ClFN2O6. The predicted octanol–water partition coefficient (Wildman–Crippen LogP) is 3.39. The lowest BCUT2D eigenvalue weighted by molar-refractivity contribution is 0.0695. The third-order valence-electron chi connectivity index (χ3n) is 4.22. The van der Waals surface area contributed by atoms with Crippen molar-refractivity contribution in [2.45, 2.75) is 6.61 Å². The number of nitrogen functional groups attached to an aromatic ring is 1. The van der Waals surface area contributed by atoms with Gasteiger partial charge in [-0.1, -0.05) is 29.8 Å². The van der Waals surface area contributed by atoms with Gasteiger partial charge in [0.2, 0.25) is 0 Å². The van der Waals surface area contributed by atoms with Crippen molar-refractivity contribution in [1.29, 1.82) is 0 Å². The smallest absolute Gasteiger partial charge is 0.342 e. The van der Waals surface area contributed by atoms with Crippen LogP contribution in [0.15, 0.2) is 47.3 Å². The summed E-state index contributed by atoms with van der Waals surface area (Å²) in [5, 5.41) is 19.1. The third kappa shape index (κ3) is 4.11. The maximum atomic E-state index is 13.8. The van der Waals surface area contributed by atoms with Crippen LogP contribution in [-0.4, -0.2) is 27.1 Å². The average Bonchev–Trinajstić information content (AvgIpc) is 2.66. The van der Waals surface area contributed by atoms with E-state index in [1.54, 1.807) is 0 Å². The Hall–Kier alpha value is -3.85. The van der Waals surface area contributed by atoms with Gasteiger partial charge in [0.1, 0.15) is 35.1 Å². The van der Waals surface area contributed by atoms with Gasteiger partial charge in [-0.15, -0.1) is 0 Å². The number of ether oxygens (including phenoxy) is 1. The second-order valence-electron chi connectivity index (χ2n) is 6.15. The Labute approximate surface area is 173 Å². The first-order chi connectivity index (χ1) is 14.2. The monoisotopic (exact) mass is 432 g/mol. The van der Waals surface area contributed by atoms with E-state index in [9.17, 15) is 29.0 Å². The molecule has 5 N–H and O–H groups in total. The second kappa shape index (κ2) is 8.26. The number of hydrogen-bond donors (Lipinski definition) is 4. The molecule has 0 bridgehead atoms. The number of carboxylic acid groups (broad SMARTS) is 2. The largest absolute Gasteiger partial charge is 0.489 e. The van der Waals surface area contributed by atoms with Crippen LogP contribution in [0.3, 0.4) is 0 Å². The molecule has 0 amide bonds. The van der Waals surface area contributed by atoms with Crippen molar-refractivity contribution in [2.24, 2.45) is 0 Å². The minimum absolute atomic E-state index is 0.0962. The van der Waals surface area contributed by atoms with Crippen LogP contribution >= 0.6 is 11.6 Å². The summed E-state index contributed by atoms with van der Waals surface area (Å²) < 4.78 is 19.3. The highest BCUT2D eigenvalue weighted by molar-refractivity contribution is 6.30. The number of nitrogens with one attached hydrogen (secondary N) is 1. The Morgan fingerprint density at radius 1 is 1.07 bits per heavy atom. The molecule has 30 heavy (non-hydrogen) atoms. The molecule has 1 heterocycles. The molecule has 1 aromatic heterocycles. The number of carbonyl (C=O) groups is 2. The first kappa shape index (κ1) is 20.9. The Morgan fingerprint density at radius 2 is 1.70 bits per heavy atom. The summed E-state index contributed by atoms with van der Waals surface area (Å²) in [6.45, 7) is -0.0962. The van der Waals surface area contributed by atoms with Crippen molar-refractivity contribution in [1.82, 2.24) is 4.98 Å². The van der Waals surface area contributed by atoms with Gasteiger partial charge in [-0.3, -0.25) is 4.79 Å². The molecule has 0 saturated carbocycles. The predicted molar refractivity (Wildman–Crippen MR) is 107 cm³/mol. The molecule has 0 spiro atoms.